The first-order valence-corrected chi connectivity index (χ1v) is 7.03. The van der Waals surface area contributed by atoms with E-state index in [0.29, 0.717) is 11.1 Å². The maximum absolute atomic E-state index is 13.1. The third-order valence-corrected chi connectivity index (χ3v) is 3.78. The summed E-state index contributed by atoms with van der Waals surface area (Å²) >= 11 is 1.68. The normalized spacial score (nSPS) is 12.2. The number of carbonyl (C=O) groups is 1. The number of benzene rings is 1. The van der Waals surface area contributed by atoms with Gasteiger partial charge in [-0.05, 0) is 49.1 Å². The van der Waals surface area contributed by atoms with Crippen LogP contribution in [0.4, 0.5) is 4.39 Å². The number of thiophene rings is 1. The summed E-state index contributed by atoms with van der Waals surface area (Å²) in [5, 5.41) is 4.95. The van der Waals surface area contributed by atoms with Gasteiger partial charge in [0.15, 0.2) is 0 Å². The van der Waals surface area contributed by atoms with E-state index in [9.17, 15) is 9.18 Å². The Balaban J connectivity index is 1.98. The Morgan fingerprint density at radius 2 is 2.21 bits per heavy atom. The monoisotopic (exact) mass is 277 g/mol. The highest BCUT2D eigenvalue weighted by Crippen LogP contribution is 2.12. The largest absolute Gasteiger partial charge is 0.349 e. The fourth-order valence-corrected chi connectivity index (χ4v) is 2.71. The van der Waals surface area contributed by atoms with Crippen LogP contribution in [0.25, 0.3) is 0 Å². The predicted molar refractivity (Wildman–Crippen MR) is 76.1 cm³/mol. The molecule has 1 atom stereocenters. The predicted octanol–water partition coefficient (Wildman–Crippen LogP) is 3.56. The Labute approximate surface area is 116 Å². The topological polar surface area (TPSA) is 29.1 Å². The summed E-state index contributed by atoms with van der Waals surface area (Å²) in [4.78, 5) is 13.3. The van der Waals surface area contributed by atoms with Gasteiger partial charge in [0.1, 0.15) is 5.82 Å². The molecule has 2 rings (SSSR count). The molecule has 4 heteroatoms. The molecule has 0 spiro atoms. The van der Waals surface area contributed by atoms with Crippen molar-refractivity contribution in [3.05, 3.63) is 57.5 Å². The van der Waals surface area contributed by atoms with Gasteiger partial charge < -0.3 is 5.32 Å². The van der Waals surface area contributed by atoms with E-state index >= 15 is 0 Å². The van der Waals surface area contributed by atoms with Crippen molar-refractivity contribution in [1.29, 1.82) is 0 Å². The van der Waals surface area contributed by atoms with E-state index in [-0.39, 0.29) is 17.8 Å². The molecule has 1 unspecified atom stereocenters. The molecule has 0 aliphatic rings. The average molecular weight is 277 g/mol. The van der Waals surface area contributed by atoms with E-state index in [0.717, 1.165) is 6.42 Å². The van der Waals surface area contributed by atoms with Crippen molar-refractivity contribution in [2.75, 3.05) is 0 Å². The zero-order chi connectivity index (χ0) is 13.8. The molecule has 0 aliphatic heterocycles. The molecule has 1 amide bonds. The fourth-order valence-electron chi connectivity index (χ4n) is 1.87. The van der Waals surface area contributed by atoms with Gasteiger partial charge in [0.25, 0.3) is 5.91 Å². The summed E-state index contributed by atoms with van der Waals surface area (Å²) in [5.41, 5.74) is 0.982. The van der Waals surface area contributed by atoms with Crippen LogP contribution >= 0.6 is 11.3 Å². The van der Waals surface area contributed by atoms with Gasteiger partial charge in [-0.25, -0.2) is 4.39 Å². The summed E-state index contributed by atoms with van der Waals surface area (Å²) in [6, 6.07) is 8.51. The van der Waals surface area contributed by atoms with Crippen LogP contribution in [-0.2, 0) is 6.42 Å². The molecule has 0 saturated carbocycles. The lowest BCUT2D eigenvalue weighted by atomic mass is 10.1. The van der Waals surface area contributed by atoms with Crippen LogP contribution in [0.2, 0.25) is 0 Å². The van der Waals surface area contributed by atoms with Crippen molar-refractivity contribution < 1.29 is 9.18 Å². The van der Waals surface area contributed by atoms with Crippen molar-refractivity contribution in [3.8, 4) is 0 Å². The number of nitrogens with one attached hydrogen (secondary N) is 1. The Hall–Kier alpha value is -1.68. The smallest absolute Gasteiger partial charge is 0.251 e. The van der Waals surface area contributed by atoms with Crippen molar-refractivity contribution in [3.63, 3.8) is 0 Å². The van der Waals surface area contributed by atoms with Gasteiger partial charge in [-0.2, -0.15) is 0 Å². The highest BCUT2D eigenvalue weighted by molar-refractivity contribution is 7.09. The average Bonchev–Trinajstić information content (AvgIpc) is 2.85. The lowest BCUT2D eigenvalue weighted by Crippen LogP contribution is -2.33. The maximum Gasteiger partial charge on any atom is 0.251 e. The molecule has 0 saturated heterocycles. The number of hydrogen-bond acceptors (Lipinski definition) is 2. The maximum atomic E-state index is 13.1. The van der Waals surface area contributed by atoms with Gasteiger partial charge in [0.2, 0.25) is 0 Å². The number of amides is 1. The van der Waals surface area contributed by atoms with E-state index in [4.69, 9.17) is 0 Å². The molecule has 1 aromatic heterocycles. The van der Waals surface area contributed by atoms with Crippen LogP contribution in [0.1, 0.15) is 27.7 Å². The summed E-state index contributed by atoms with van der Waals surface area (Å²) < 4.78 is 13.1. The SMILES string of the molecule is Cc1cc(C(=O)NC(C)Cc2cccs2)ccc1F. The molecule has 2 aromatic rings. The van der Waals surface area contributed by atoms with Gasteiger partial charge in [-0.3, -0.25) is 4.79 Å². The number of hydrogen-bond donors (Lipinski definition) is 1. The fraction of sp³-hybridized carbons (Fsp3) is 0.267. The minimum Gasteiger partial charge on any atom is -0.349 e. The van der Waals surface area contributed by atoms with E-state index in [1.165, 1.54) is 17.0 Å². The Bertz CT molecular complexity index is 566. The Morgan fingerprint density at radius 1 is 1.42 bits per heavy atom. The second-order valence-electron chi connectivity index (χ2n) is 4.62. The second-order valence-corrected chi connectivity index (χ2v) is 5.65. The summed E-state index contributed by atoms with van der Waals surface area (Å²) in [6.07, 6.45) is 0.809. The minimum absolute atomic E-state index is 0.0523. The van der Waals surface area contributed by atoms with Gasteiger partial charge in [0.05, 0.1) is 0 Å². The first kappa shape index (κ1) is 13.7. The molecule has 0 fully saturated rings. The first-order chi connectivity index (χ1) is 9.06. The van der Waals surface area contributed by atoms with Crippen molar-refractivity contribution in [2.45, 2.75) is 26.3 Å². The number of carbonyl (C=O) groups excluding carboxylic acids is 1. The quantitative estimate of drug-likeness (QED) is 0.909. The van der Waals surface area contributed by atoms with Gasteiger partial charge >= 0.3 is 0 Å². The highest BCUT2D eigenvalue weighted by atomic mass is 32.1. The van der Waals surface area contributed by atoms with Crippen LogP contribution in [0.5, 0.6) is 0 Å². The van der Waals surface area contributed by atoms with Crippen LogP contribution < -0.4 is 5.32 Å². The molecule has 2 nitrogen and oxygen atoms in total. The van der Waals surface area contributed by atoms with E-state index < -0.39 is 0 Å². The van der Waals surface area contributed by atoms with Crippen LogP contribution in [-0.4, -0.2) is 11.9 Å². The van der Waals surface area contributed by atoms with E-state index in [2.05, 4.69) is 11.4 Å². The molecular weight excluding hydrogens is 261 g/mol. The number of halogens is 1. The van der Waals surface area contributed by atoms with E-state index in [1.54, 1.807) is 24.3 Å². The second kappa shape index (κ2) is 5.97. The molecule has 100 valence electrons. The lowest BCUT2D eigenvalue weighted by molar-refractivity contribution is 0.0940. The third-order valence-electron chi connectivity index (χ3n) is 2.89. The van der Waals surface area contributed by atoms with Crippen LogP contribution in [0.3, 0.4) is 0 Å². The zero-order valence-corrected chi connectivity index (χ0v) is 11.8. The zero-order valence-electron chi connectivity index (χ0n) is 10.9. The van der Waals surface area contributed by atoms with Crippen molar-refractivity contribution in [1.82, 2.24) is 5.32 Å². The minimum atomic E-state index is -0.289. The Kier molecular flexibility index (Phi) is 4.32. The highest BCUT2D eigenvalue weighted by Gasteiger charge is 2.11. The first-order valence-electron chi connectivity index (χ1n) is 6.15. The summed E-state index contributed by atoms with van der Waals surface area (Å²) in [5.74, 6) is -0.449. The van der Waals surface area contributed by atoms with Crippen molar-refractivity contribution >= 4 is 17.2 Å². The van der Waals surface area contributed by atoms with Crippen LogP contribution in [0, 0.1) is 12.7 Å². The number of aryl methyl sites for hydroxylation is 1. The summed E-state index contributed by atoms with van der Waals surface area (Å²) in [7, 11) is 0. The Morgan fingerprint density at radius 3 is 2.84 bits per heavy atom. The molecule has 1 aromatic carbocycles. The van der Waals surface area contributed by atoms with Gasteiger partial charge in [-0.1, -0.05) is 6.07 Å². The van der Waals surface area contributed by atoms with Crippen LogP contribution in [0.15, 0.2) is 35.7 Å². The van der Waals surface area contributed by atoms with Crippen molar-refractivity contribution in [2.24, 2.45) is 0 Å². The lowest BCUT2D eigenvalue weighted by Gasteiger charge is -2.13. The molecule has 1 N–H and O–H groups in total. The van der Waals surface area contributed by atoms with Gasteiger partial charge in [-0.15, -0.1) is 11.3 Å². The molecule has 0 bridgehead atoms. The summed E-state index contributed by atoms with van der Waals surface area (Å²) in [6.45, 7) is 3.62. The standard InChI is InChI=1S/C15H16FNOS/c1-10-8-12(5-6-14(10)16)15(18)17-11(2)9-13-4-3-7-19-13/h3-8,11H,9H2,1-2H3,(H,17,18). The number of rotatable bonds is 4. The molecule has 0 aliphatic carbocycles. The molecule has 19 heavy (non-hydrogen) atoms. The van der Waals surface area contributed by atoms with E-state index in [1.807, 2.05) is 18.4 Å². The third kappa shape index (κ3) is 3.64. The van der Waals surface area contributed by atoms with Gasteiger partial charge in [0, 0.05) is 22.9 Å². The molecule has 1 heterocycles. The molecule has 0 radical (unpaired) electrons. The molecular formula is C15H16FNOS.